The van der Waals surface area contributed by atoms with E-state index in [0.29, 0.717) is 64.8 Å². The Morgan fingerprint density at radius 1 is 0.744 bits per heavy atom. The lowest BCUT2D eigenvalue weighted by Gasteiger charge is -2.35. The highest BCUT2D eigenvalue weighted by Gasteiger charge is 2.31. The Morgan fingerprint density at radius 2 is 1.23 bits per heavy atom. The second kappa shape index (κ2) is 19.5. The van der Waals surface area contributed by atoms with E-state index in [-0.39, 0.29) is 0 Å². The van der Waals surface area contributed by atoms with Crippen LogP contribution in [0.15, 0.2) is 84.2 Å². The molecule has 1 aliphatic carbocycles. The summed E-state index contributed by atoms with van der Waals surface area (Å²) in [6.07, 6.45) is 7.04. The molecular weight excluding hydrogens is 557 g/mol. The monoisotopic (exact) mass is 609 g/mol. The van der Waals surface area contributed by atoms with Gasteiger partial charge in [0.05, 0.1) is 52.9 Å². The third kappa shape index (κ3) is 11.5. The van der Waals surface area contributed by atoms with Crippen LogP contribution in [-0.2, 0) is 18.9 Å². The van der Waals surface area contributed by atoms with Crippen LogP contribution < -0.4 is 10.6 Å². The Labute approximate surface area is 261 Å². The number of hydrogen-bond donors (Lipinski definition) is 0. The molecule has 1 saturated heterocycles. The van der Waals surface area contributed by atoms with Gasteiger partial charge in [-0.3, -0.25) is 4.90 Å². The molecule has 7 nitrogen and oxygen atoms in total. The average Bonchev–Trinajstić information content (AvgIpc) is 3.51. The zero-order chi connectivity index (χ0) is 30.1. The molecular formula is C35H52N3O4P. The number of likely N-dealkylation sites (N-methyl/N-ethyl adjacent to an activating group) is 2. The van der Waals surface area contributed by atoms with E-state index in [4.69, 9.17) is 18.9 Å². The van der Waals surface area contributed by atoms with Crippen molar-refractivity contribution >= 4 is 18.5 Å². The quantitative estimate of drug-likeness (QED) is 0.422. The predicted molar refractivity (Wildman–Crippen MR) is 179 cm³/mol. The summed E-state index contributed by atoms with van der Waals surface area (Å²) in [6.45, 7) is 13.2. The molecule has 2 aliphatic rings. The van der Waals surface area contributed by atoms with Gasteiger partial charge in [0, 0.05) is 51.2 Å². The van der Waals surface area contributed by atoms with Gasteiger partial charge in [0.15, 0.2) is 0 Å². The highest BCUT2D eigenvalue weighted by Crippen LogP contribution is 2.50. The SMILES string of the molecule is C[C@H](C1C=CC=C1P(c1ccccc1)c1ccccc1)N(C)CCN1CCOCCOCCN(C)CCOCCOCC1. The first-order valence-electron chi connectivity index (χ1n) is 15.8. The lowest BCUT2D eigenvalue weighted by atomic mass is 10.0. The van der Waals surface area contributed by atoms with Crippen molar-refractivity contribution in [2.45, 2.75) is 13.0 Å². The Balaban J connectivity index is 1.32. The molecule has 1 unspecified atom stereocenters. The summed E-state index contributed by atoms with van der Waals surface area (Å²) in [6, 6.07) is 22.4. The van der Waals surface area contributed by atoms with Gasteiger partial charge in [-0.2, -0.15) is 0 Å². The molecule has 2 atom stereocenters. The molecule has 8 heteroatoms. The van der Waals surface area contributed by atoms with Crippen molar-refractivity contribution in [2.24, 2.45) is 5.92 Å². The van der Waals surface area contributed by atoms with Crippen molar-refractivity contribution in [2.75, 3.05) is 106 Å². The predicted octanol–water partition coefficient (Wildman–Crippen LogP) is 3.82. The number of benzene rings is 2. The minimum absolute atomic E-state index is 0.378. The van der Waals surface area contributed by atoms with Gasteiger partial charge in [-0.15, -0.1) is 0 Å². The maximum atomic E-state index is 5.93. The summed E-state index contributed by atoms with van der Waals surface area (Å²) < 4.78 is 23.4. The summed E-state index contributed by atoms with van der Waals surface area (Å²) in [4.78, 5) is 7.21. The smallest absolute Gasteiger partial charge is 0.0701 e. The zero-order valence-corrected chi connectivity index (χ0v) is 27.4. The zero-order valence-electron chi connectivity index (χ0n) is 26.5. The molecule has 4 rings (SSSR count). The van der Waals surface area contributed by atoms with Crippen molar-refractivity contribution in [3.05, 3.63) is 84.2 Å². The summed E-state index contributed by atoms with van der Waals surface area (Å²) >= 11 is 0. The fraction of sp³-hybridized carbons (Fsp3) is 0.543. The first-order valence-corrected chi connectivity index (χ1v) is 17.2. The molecule has 1 fully saturated rings. The minimum atomic E-state index is -0.594. The lowest BCUT2D eigenvalue weighted by molar-refractivity contribution is 0.00959. The van der Waals surface area contributed by atoms with E-state index in [1.165, 1.54) is 15.9 Å². The van der Waals surface area contributed by atoms with Crippen molar-refractivity contribution in [3.63, 3.8) is 0 Å². The molecule has 0 aromatic heterocycles. The first-order chi connectivity index (χ1) is 21.1. The molecule has 236 valence electrons. The largest absolute Gasteiger partial charge is 0.378 e. The van der Waals surface area contributed by atoms with E-state index >= 15 is 0 Å². The number of hydrogen-bond acceptors (Lipinski definition) is 7. The Kier molecular flexibility index (Phi) is 15.4. The molecule has 0 saturated carbocycles. The van der Waals surface area contributed by atoms with E-state index in [9.17, 15) is 0 Å². The standard InChI is InChI=1S/C35H52N3O4P/c1-31(34-15-10-16-35(34)43(32-11-6-4-7-12-32)33-13-8-5-9-14-33)37(3)17-18-38-21-25-41-29-27-39-23-19-36(2)20-24-40-28-30-42-26-22-38/h4-16,31,34H,17-30H2,1-3H3/t31-,34?/m1/s1. The van der Waals surface area contributed by atoms with Gasteiger partial charge in [-0.25, -0.2) is 0 Å². The number of nitrogens with zero attached hydrogens (tertiary/aromatic N) is 3. The molecule has 1 heterocycles. The normalized spacial score (nSPS) is 21.9. The number of rotatable bonds is 8. The molecule has 0 amide bonds. The fourth-order valence-corrected chi connectivity index (χ4v) is 8.08. The van der Waals surface area contributed by atoms with Crippen LogP contribution in [0.2, 0.25) is 0 Å². The van der Waals surface area contributed by atoms with Gasteiger partial charge in [-0.05, 0) is 44.9 Å². The maximum Gasteiger partial charge on any atom is 0.0701 e. The topological polar surface area (TPSA) is 46.6 Å². The highest BCUT2D eigenvalue weighted by molar-refractivity contribution is 7.76. The fourth-order valence-electron chi connectivity index (χ4n) is 5.41. The van der Waals surface area contributed by atoms with Gasteiger partial charge >= 0.3 is 0 Å². The Hall–Kier alpha value is -1.93. The van der Waals surface area contributed by atoms with Gasteiger partial charge < -0.3 is 28.7 Å². The van der Waals surface area contributed by atoms with Crippen LogP contribution in [0.25, 0.3) is 0 Å². The lowest BCUT2D eigenvalue weighted by Crippen LogP contribution is -2.42. The number of allylic oxidation sites excluding steroid dienone is 2. The molecule has 2 aromatic rings. The minimum Gasteiger partial charge on any atom is -0.378 e. The van der Waals surface area contributed by atoms with E-state index in [1.807, 2.05) is 0 Å². The highest BCUT2D eigenvalue weighted by atomic mass is 31.1. The van der Waals surface area contributed by atoms with Crippen LogP contribution in [0, 0.1) is 5.92 Å². The van der Waals surface area contributed by atoms with Crippen LogP contribution >= 0.6 is 7.92 Å². The molecule has 2 aromatic carbocycles. The van der Waals surface area contributed by atoms with E-state index < -0.39 is 7.92 Å². The first kappa shape index (κ1) is 34.0. The second-order valence-corrected chi connectivity index (χ2v) is 13.5. The van der Waals surface area contributed by atoms with Gasteiger partial charge in [-0.1, -0.05) is 78.9 Å². The second-order valence-electron chi connectivity index (χ2n) is 11.3. The Bertz CT molecular complexity index is 1030. The van der Waals surface area contributed by atoms with E-state index in [0.717, 1.165) is 39.3 Å². The maximum absolute atomic E-state index is 5.93. The Morgan fingerprint density at radius 3 is 1.74 bits per heavy atom. The molecule has 0 radical (unpaired) electrons. The third-order valence-electron chi connectivity index (χ3n) is 8.28. The summed E-state index contributed by atoms with van der Waals surface area (Å²) in [5.74, 6) is 0.378. The van der Waals surface area contributed by atoms with Crippen LogP contribution in [0.4, 0.5) is 0 Å². The summed E-state index contributed by atoms with van der Waals surface area (Å²) in [5, 5.41) is 4.34. The van der Waals surface area contributed by atoms with Gasteiger partial charge in [0.25, 0.3) is 0 Å². The van der Waals surface area contributed by atoms with Crippen molar-refractivity contribution in [1.29, 1.82) is 0 Å². The van der Waals surface area contributed by atoms with Crippen molar-refractivity contribution in [1.82, 2.24) is 14.7 Å². The van der Waals surface area contributed by atoms with Crippen molar-refractivity contribution < 1.29 is 18.9 Å². The molecule has 0 N–H and O–H groups in total. The van der Waals surface area contributed by atoms with Crippen LogP contribution in [0.3, 0.4) is 0 Å². The van der Waals surface area contributed by atoms with E-state index in [1.54, 1.807) is 0 Å². The van der Waals surface area contributed by atoms with Crippen LogP contribution in [0.5, 0.6) is 0 Å². The van der Waals surface area contributed by atoms with Gasteiger partial charge in [0.2, 0.25) is 0 Å². The average molecular weight is 610 g/mol. The molecule has 0 spiro atoms. The molecule has 1 aliphatic heterocycles. The van der Waals surface area contributed by atoms with Crippen LogP contribution in [-0.4, -0.2) is 127 Å². The van der Waals surface area contributed by atoms with E-state index in [2.05, 4.69) is 115 Å². The van der Waals surface area contributed by atoms with Crippen LogP contribution in [0.1, 0.15) is 6.92 Å². The molecule has 0 bridgehead atoms. The summed E-state index contributed by atoms with van der Waals surface area (Å²) in [7, 11) is 3.77. The van der Waals surface area contributed by atoms with Gasteiger partial charge in [0.1, 0.15) is 0 Å². The third-order valence-corrected chi connectivity index (χ3v) is 10.9. The molecule has 43 heavy (non-hydrogen) atoms. The van der Waals surface area contributed by atoms with Crippen molar-refractivity contribution in [3.8, 4) is 0 Å². The number of ether oxygens (including phenoxy) is 4. The summed E-state index contributed by atoms with van der Waals surface area (Å²) in [5.41, 5.74) is 0.